The van der Waals surface area contributed by atoms with E-state index in [9.17, 15) is 4.79 Å². The summed E-state index contributed by atoms with van der Waals surface area (Å²) in [4.78, 5) is 24.0. The van der Waals surface area contributed by atoms with Crippen LogP contribution in [-0.2, 0) is 27.3 Å². The zero-order valence-electron chi connectivity index (χ0n) is 15.9. The Bertz CT molecular complexity index is 941. The molecule has 28 heavy (non-hydrogen) atoms. The molecule has 0 radical (unpaired) electrons. The largest absolute Gasteiger partial charge is 0.379 e. The van der Waals surface area contributed by atoms with Gasteiger partial charge in [0.2, 0.25) is 5.91 Å². The van der Waals surface area contributed by atoms with E-state index in [-0.39, 0.29) is 31.1 Å². The van der Waals surface area contributed by atoms with E-state index >= 15 is 0 Å². The fourth-order valence-electron chi connectivity index (χ4n) is 3.51. The Balaban J connectivity index is 1.25. The summed E-state index contributed by atoms with van der Waals surface area (Å²) in [5, 5.41) is 3.03. The number of amides is 1. The third-order valence-corrected chi connectivity index (χ3v) is 4.95. The van der Waals surface area contributed by atoms with Crippen LogP contribution in [-0.4, -0.2) is 46.7 Å². The first-order chi connectivity index (χ1) is 13.7. The lowest BCUT2D eigenvalue weighted by atomic mass is 9.95. The Morgan fingerprint density at radius 1 is 1.29 bits per heavy atom. The summed E-state index contributed by atoms with van der Waals surface area (Å²) in [6.45, 7) is 3.48. The van der Waals surface area contributed by atoms with Gasteiger partial charge in [0.05, 0.1) is 30.3 Å². The SMILES string of the molecule is Cc1ccc2nc(COCC(=O)N[C@H]3COC[C@H]3Cc3ccncc3)[nH]c2c1. The molecule has 0 unspecified atom stereocenters. The number of fused-ring (bicyclic) bond motifs is 1. The third-order valence-electron chi connectivity index (χ3n) is 4.95. The molecule has 2 atom stereocenters. The predicted octanol–water partition coefficient (Wildman–Crippen LogP) is 2.16. The standard InChI is InChI=1S/C21H24N4O3/c1-14-2-3-17-18(8-14)24-20(23-17)12-28-13-21(26)25-19-11-27-10-16(19)9-15-4-6-22-7-5-15/h2-8,16,19H,9-13H2,1H3,(H,23,24)(H,25,26)/t16-,19+/m1/s1. The maximum absolute atomic E-state index is 12.3. The van der Waals surface area contributed by atoms with Crippen LogP contribution < -0.4 is 5.32 Å². The number of imidazole rings is 1. The number of nitrogens with zero attached hydrogens (tertiary/aromatic N) is 2. The van der Waals surface area contributed by atoms with Crippen molar-refractivity contribution in [3.05, 3.63) is 59.7 Å². The highest BCUT2D eigenvalue weighted by Crippen LogP contribution is 2.19. The fraction of sp³-hybridized carbons (Fsp3) is 0.381. The molecule has 3 heterocycles. The van der Waals surface area contributed by atoms with Gasteiger partial charge in [-0.05, 0) is 48.7 Å². The molecule has 0 bridgehead atoms. The molecule has 1 amide bonds. The second-order valence-corrected chi connectivity index (χ2v) is 7.23. The van der Waals surface area contributed by atoms with Gasteiger partial charge in [0, 0.05) is 18.3 Å². The van der Waals surface area contributed by atoms with Crippen LogP contribution in [0.2, 0.25) is 0 Å². The smallest absolute Gasteiger partial charge is 0.246 e. The van der Waals surface area contributed by atoms with Crippen LogP contribution in [0.3, 0.4) is 0 Å². The normalized spacial score (nSPS) is 19.2. The number of hydrogen-bond donors (Lipinski definition) is 2. The van der Waals surface area contributed by atoms with Crippen molar-refractivity contribution >= 4 is 16.9 Å². The van der Waals surface area contributed by atoms with Crippen molar-refractivity contribution in [2.45, 2.75) is 26.0 Å². The summed E-state index contributed by atoms with van der Waals surface area (Å²) >= 11 is 0. The highest BCUT2D eigenvalue weighted by Gasteiger charge is 2.29. The first-order valence-corrected chi connectivity index (χ1v) is 9.46. The number of aromatic amines is 1. The van der Waals surface area contributed by atoms with Crippen molar-refractivity contribution < 1.29 is 14.3 Å². The molecule has 1 saturated heterocycles. The van der Waals surface area contributed by atoms with Crippen LogP contribution in [0.1, 0.15) is 17.0 Å². The van der Waals surface area contributed by atoms with E-state index in [1.807, 2.05) is 37.3 Å². The van der Waals surface area contributed by atoms with E-state index in [4.69, 9.17) is 9.47 Å². The minimum absolute atomic E-state index is 0.00144. The zero-order valence-corrected chi connectivity index (χ0v) is 15.9. The monoisotopic (exact) mass is 380 g/mol. The van der Waals surface area contributed by atoms with Gasteiger partial charge in [0.1, 0.15) is 19.0 Å². The van der Waals surface area contributed by atoms with E-state index in [0.717, 1.165) is 17.5 Å². The van der Waals surface area contributed by atoms with Gasteiger partial charge in [0.25, 0.3) is 0 Å². The fourth-order valence-corrected chi connectivity index (χ4v) is 3.51. The lowest BCUT2D eigenvalue weighted by Crippen LogP contribution is -2.42. The summed E-state index contributed by atoms with van der Waals surface area (Å²) in [6.07, 6.45) is 4.42. The highest BCUT2D eigenvalue weighted by molar-refractivity contribution is 5.77. The van der Waals surface area contributed by atoms with Crippen molar-refractivity contribution in [2.24, 2.45) is 5.92 Å². The number of rotatable bonds is 7. The summed E-state index contributed by atoms with van der Waals surface area (Å²) in [6, 6.07) is 10.0. The summed E-state index contributed by atoms with van der Waals surface area (Å²) in [5.74, 6) is 0.834. The van der Waals surface area contributed by atoms with Crippen LogP contribution in [0.25, 0.3) is 11.0 Å². The number of aryl methyl sites for hydroxylation is 1. The molecule has 0 aliphatic carbocycles. The minimum Gasteiger partial charge on any atom is -0.379 e. The van der Waals surface area contributed by atoms with Gasteiger partial charge in [-0.15, -0.1) is 0 Å². The molecule has 0 spiro atoms. The Kier molecular flexibility index (Phi) is 5.64. The molecule has 3 aromatic rings. The quantitative estimate of drug-likeness (QED) is 0.656. The summed E-state index contributed by atoms with van der Waals surface area (Å²) in [7, 11) is 0. The third kappa shape index (κ3) is 4.55. The average molecular weight is 380 g/mol. The highest BCUT2D eigenvalue weighted by atomic mass is 16.5. The van der Waals surface area contributed by atoms with Gasteiger partial charge in [-0.3, -0.25) is 9.78 Å². The molecule has 1 aliphatic rings. The molecule has 7 nitrogen and oxygen atoms in total. The molecular weight excluding hydrogens is 356 g/mol. The van der Waals surface area contributed by atoms with Gasteiger partial charge in [-0.1, -0.05) is 6.07 Å². The maximum Gasteiger partial charge on any atom is 0.246 e. The van der Waals surface area contributed by atoms with Gasteiger partial charge in [0.15, 0.2) is 0 Å². The molecule has 2 aromatic heterocycles. The molecule has 1 aromatic carbocycles. The van der Waals surface area contributed by atoms with Gasteiger partial charge in [-0.2, -0.15) is 0 Å². The van der Waals surface area contributed by atoms with E-state index in [1.54, 1.807) is 12.4 Å². The second kappa shape index (κ2) is 8.50. The number of hydrogen-bond acceptors (Lipinski definition) is 5. The van der Waals surface area contributed by atoms with Gasteiger partial charge < -0.3 is 19.8 Å². The molecule has 1 aliphatic heterocycles. The topological polar surface area (TPSA) is 89.1 Å². The van der Waals surface area contributed by atoms with Crippen molar-refractivity contribution in [3.8, 4) is 0 Å². The second-order valence-electron chi connectivity index (χ2n) is 7.23. The Labute approximate surface area is 163 Å². The van der Waals surface area contributed by atoms with Crippen molar-refractivity contribution in [2.75, 3.05) is 19.8 Å². The molecule has 1 fully saturated rings. The Morgan fingerprint density at radius 3 is 3.00 bits per heavy atom. The summed E-state index contributed by atoms with van der Waals surface area (Å²) < 4.78 is 11.1. The van der Waals surface area contributed by atoms with E-state index in [2.05, 4.69) is 20.3 Å². The molecule has 0 saturated carbocycles. The van der Waals surface area contributed by atoms with E-state index in [0.29, 0.717) is 19.0 Å². The van der Waals surface area contributed by atoms with Gasteiger partial charge >= 0.3 is 0 Å². The number of carbonyl (C=O) groups excluding carboxylic acids is 1. The number of H-pyrrole nitrogens is 1. The number of carbonyl (C=O) groups is 1. The van der Waals surface area contributed by atoms with E-state index in [1.165, 1.54) is 11.1 Å². The maximum atomic E-state index is 12.3. The first-order valence-electron chi connectivity index (χ1n) is 9.46. The zero-order chi connectivity index (χ0) is 19.3. The number of pyridine rings is 1. The first kappa shape index (κ1) is 18.6. The molecular formula is C21H24N4O3. The molecule has 7 heteroatoms. The minimum atomic E-state index is -0.137. The Morgan fingerprint density at radius 2 is 2.14 bits per heavy atom. The molecule has 146 valence electrons. The number of benzene rings is 1. The van der Waals surface area contributed by atoms with Crippen molar-refractivity contribution in [1.29, 1.82) is 0 Å². The average Bonchev–Trinajstić information content (AvgIpc) is 3.28. The number of ether oxygens (including phenoxy) is 2. The molecule has 4 rings (SSSR count). The number of aromatic nitrogens is 3. The van der Waals surface area contributed by atoms with Crippen LogP contribution in [0.4, 0.5) is 0 Å². The van der Waals surface area contributed by atoms with Crippen LogP contribution in [0.5, 0.6) is 0 Å². The van der Waals surface area contributed by atoms with Crippen LogP contribution in [0.15, 0.2) is 42.7 Å². The lowest BCUT2D eigenvalue weighted by molar-refractivity contribution is -0.127. The van der Waals surface area contributed by atoms with E-state index < -0.39 is 0 Å². The molecule has 2 N–H and O–H groups in total. The van der Waals surface area contributed by atoms with Crippen LogP contribution in [0, 0.1) is 12.8 Å². The lowest BCUT2D eigenvalue weighted by Gasteiger charge is -2.19. The van der Waals surface area contributed by atoms with Crippen molar-refractivity contribution in [1.82, 2.24) is 20.3 Å². The Hall–Kier alpha value is -2.77. The van der Waals surface area contributed by atoms with Gasteiger partial charge in [-0.25, -0.2) is 4.98 Å². The van der Waals surface area contributed by atoms with Crippen LogP contribution >= 0.6 is 0 Å². The predicted molar refractivity (Wildman–Crippen MR) is 105 cm³/mol. The van der Waals surface area contributed by atoms with Crippen molar-refractivity contribution in [3.63, 3.8) is 0 Å². The number of nitrogens with one attached hydrogen (secondary N) is 2. The summed E-state index contributed by atoms with van der Waals surface area (Å²) in [5.41, 5.74) is 4.24.